The van der Waals surface area contributed by atoms with Crippen molar-refractivity contribution in [3.63, 3.8) is 0 Å². The highest BCUT2D eigenvalue weighted by Gasteiger charge is 2.35. The monoisotopic (exact) mass is 500 g/mol. The van der Waals surface area contributed by atoms with Gasteiger partial charge in [-0.05, 0) is 43.7 Å². The van der Waals surface area contributed by atoms with E-state index in [1.54, 1.807) is 18.1 Å². The number of carbonyl (C=O) groups is 3. The maximum atomic E-state index is 12.8. The number of aromatic nitrogens is 2. The molecule has 0 radical (unpaired) electrons. The molecule has 2 aliphatic rings. The molecule has 0 fully saturated rings. The van der Waals surface area contributed by atoms with Crippen molar-refractivity contribution < 1.29 is 14.4 Å². The van der Waals surface area contributed by atoms with Gasteiger partial charge in [0.1, 0.15) is 17.6 Å². The molecule has 0 N–H and O–H groups in total. The molecular weight excluding hydrogens is 464 g/mol. The predicted octanol–water partition coefficient (Wildman–Crippen LogP) is 5.09. The zero-order chi connectivity index (χ0) is 26.7. The van der Waals surface area contributed by atoms with Crippen molar-refractivity contribution >= 4 is 29.0 Å². The van der Waals surface area contributed by atoms with E-state index in [4.69, 9.17) is 4.98 Å². The van der Waals surface area contributed by atoms with Crippen molar-refractivity contribution in [3.8, 4) is 0 Å². The van der Waals surface area contributed by atoms with E-state index in [-0.39, 0.29) is 23.5 Å². The van der Waals surface area contributed by atoms with Gasteiger partial charge in [0.2, 0.25) is 5.91 Å². The lowest BCUT2D eigenvalue weighted by atomic mass is 9.93. The van der Waals surface area contributed by atoms with Gasteiger partial charge in [-0.3, -0.25) is 14.4 Å². The van der Waals surface area contributed by atoms with E-state index in [1.807, 2.05) is 50.3 Å². The van der Waals surface area contributed by atoms with Gasteiger partial charge >= 0.3 is 0 Å². The second kappa shape index (κ2) is 11.2. The number of benzene rings is 1. The van der Waals surface area contributed by atoms with E-state index in [2.05, 4.69) is 23.7 Å². The van der Waals surface area contributed by atoms with E-state index >= 15 is 0 Å². The highest BCUT2D eigenvalue weighted by atomic mass is 16.2. The lowest BCUT2D eigenvalue weighted by Gasteiger charge is -2.39. The van der Waals surface area contributed by atoms with E-state index in [0.717, 1.165) is 41.2 Å². The third-order valence-corrected chi connectivity index (χ3v) is 7.16. The van der Waals surface area contributed by atoms with Crippen LogP contribution in [-0.2, 0) is 16.0 Å². The molecule has 0 saturated heterocycles. The molecule has 0 spiro atoms. The van der Waals surface area contributed by atoms with Gasteiger partial charge in [0.25, 0.3) is 0 Å². The van der Waals surface area contributed by atoms with Crippen molar-refractivity contribution in [1.82, 2.24) is 9.97 Å². The van der Waals surface area contributed by atoms with Crippen LogP contribution in [-0.4, -0.2) is 47.1 Å². The first kappa shape index (κ1) is 26.5. The van der Waals surface area contributed by atoms with Crippen LogP contribution in [0.4, 0.5) is 11.5 Å². The molecule has 4 rings (SSSR count). The summed E-state index contributed by atoms with van der Waals surface area (Å²) in [5.41, 5.74) is 4.15. The van der Waals surface area contributed by atoms with Gasteiger partial charge in [-0.15, -0.1) is 0 Å². The van der Waals surface area contributed by atoms with Crippen molar-refractivity contribution in [1.29, 1.82) is 0 Å². The summed E-state index contributed by atoms with van der Waals surface area (Å²) in [6, 6.07) is 7.26. The quantitative estimate of drug-likeness (QED) is 0.446. The van der Waals surface area contributed by atoms with Gasteiger partial charge in [0, 0.05) is 38.4 Å². The molecule has 1 amide bonds. The standard InChI is InChI=1S/C30H36N4O3/c1-19(2)14-15-34-21(4)30(37)33(5)25-18-31-28(32-29(25)34)17-22-7-10-23(11-8-22)26(35)13-12-24-9-6-20(3)16-27(24)36/h6-11,18-19,21H,12-17H2,1-5H3. The van der Waals surface area contributed by atoms with Gasteiger partial charge in [-0.1, -0.05) is 55.8 Å². The molecule has 1 aromatic carbocycles. The minimum atomic E-state index is -0.274. The second-order valence-corrected chi connectivity index (χ2v) is 10.5. The molecule has 194 valence electrons. The molecule has 7 heteroatoms. The number of allylic oxidation sites excluding steroid dienone is 4. The molecular formula is C30H36N4O3. The van der Waals surface area contributed by atoms with Gasteiger partial charge in [-0.2, -0.15) is 0 Å². The number of nitrogens with zero attached hydrogens (tertiary/aromatic N) is 4. The number of rotatable bonds is 9. The van der Waals surface area contributed by atoms with Crippen molar-refractivity contribution in [2.45, 2.75) is 65.8 Å². The van der Waals surface area contributed by atoms with Gasteiger partial charge < -0.3 is 9.80 Å². The fraction of sp³-hybridized carbons (Fsp3) is 0.433. The first-order valence-corrected chi connectivity index (χ1v) is 13.1. The van der Waals surface area contributed by atoms with Crippen LogP contribution in [0.15, 0.2) is 53.8 Å². The molecule has 1 atom stereocenters. The smallest absolute Gasteiger partial charge is 0.249 e. The maximum absolute atomic E-state index is 12.8. The van der Waals surface area contributed by atoms with Gasteiger partial charge in [0.05, 0.1) is 6.20 Å². The Morgan fingerprint density at radius 3 is 2.54 bits per heavy atom. The Balaban J connectivity index is 1.44. The van der Waals surface area contributed by atoms with E-state index in [0.29, 0.717) is 43.0 Å². The number of amides is 1. The SMILES string of the molecule is CC1=CC=C(CCC(=O)c2ccc(Cc3ncc4c(n3)N(CCC(C)C)C(C)C(=O)N4C)cc2)C(=O)C1. The summed E-state index contributed by atoms with van der Waals surface area (Å²) in [5, 5.41) is 0. The summed E-state index contributed by atoms with van der Waals surface area (Å²) in [4.78, 5) is 50.7. The van der Waals surface area contributed by atoms with Gasteiger partial charge in [-0.25, -0.2) is 9.97 Å². The van der Waals surface area contributed by atoms with Crippen LogP contribution in [0.5, 0.6) is 0 Å². The topological polar surface area (TPSA) is 83.5 Å². The molecule has 1 aliphatic carbocycles. The average Bonchev–Trinajstić information content (AvgIpc) is 2.87. The molecule has 0 bridgehead atoms. The normalized spacial score (nSPS) is 17.6. The lowest BCUT2D eigenvalue weighted by Crippen LogP contribution is -2.51. The molecule has 1 unspecified atom stereocenters. The van der Waals surface area contributed by atoms with E-state index in [1.165, 1.54) is 0 Å². The Morgan fingerprint density at radius 2 is 1.86 bits per heavy atom. The van der Waals surface area contributed by atoms with Gasteiger partial charge in [0.15, 0.2) is 17.4 Å². The zero-order valence-corrected chi connectivity index (χ0v) is 22.5. The Morgan fingerprint density at radius 1 is 1.14 bits per heavy atom. The van der Waals surface area contributed by atoms with Crippen molar-refractivity contribution in [2.75, 3.05) is 23.4 Å². The Labute approximate surface area is 219 Å². The van der Waals surface area contributed by atoms with Crippen LogP contribution in [0.1, 0.15) is 75.1 Å². The Bertz CT molecular complexity index is 1260. The summed E-state index contributed by atoms with van der Waals surface area (Å²) in [6.07, 6.45) is 8.26. The fourth-order valence-corrected chi connectivity index (χ4v) is 4.72. The number of carbonyl (C=O) groups excluding carboxylic acids is 3. The summed E-state index contributed by atoms with van der Waals surface area (Å²) in [5.74, 6) is 2.18. The van der Waals surface area contributed by atoms with Crippen LogP contribution in [0.3, 0.4) is 0 Å². The highest BCUT2D eigenvalue weighted by Crippen LogP contribution is 2.33. The van der Waals surface area contributed by atoms with E-state index < -0.39 is 0 Å². The number of likely N-dealkylation sites (N-methyl/N-ethyl adjacent to an activating group) is 1. The molecule has 0 saturated carbocycles. The summed E-state index contributed by atoms with van der Waals surface area (Å²) >= 11 is 0. The Hall–Kier alpha value is -3.61. The van der Waals surface area contributed by atoms with Crippen LogP contribution in [0.2, 0.25) is 0 Å². The average molecular weight is 501 g/mol. The first-order chi connectivity index (χ1) is 17.6. The summed E-state index contributed by atoms with van der Waals surface area (Å²) < 4.78 is 0. The number of fused-ring (bicyclic) bond motifs is 1. The van der Waals surface area contributed by atoms with Crippen molar-refractivity contribution in [3.05, 3.63) is 70.7 Å². The number of hydrogen-bond acceptors (Lipinski definition) is 6. The first-order valence-electron chi connectivity index (χ1n) is 13.1. The second-order valence-electron chi connectivity index (χ2n) is 10.5. The molecule has 2 aromatic rings. The van der Waals surface area contributed by atoms with Crippen LogP contribution in [0, 0.1) is 5.92 Å². The maximum Gasteiger partial charge on any atom is 0.249 e. The highest BCUT2D eigenvalue weighted by molar-refractivity contribution is 6.04. The third-order valence-electron chi connectivity index (χ3n) is 7.16. The van der Waals surface area contributed by atoms with Crippen molar-refractivity contribution in [2.24, 2.45) is 5.92 Å². The van der Waals surface area contributed by atoms with Crippen LogP contribution < -0.4 is 9.80 Å². The number of anilines is 2. The minimum absolute atomic E-state index is 0.0269. The Kier molecular flexibility index (Phi) is 8.00. The third kappa shape index (κ3) is 6.04. The van der Waals surface area contributed by atoms with Crippen LogP contribution >= 0.6 is 0 Å². The fourth-order valence-electron chi connectivity index (χ4n) is 4.72. The number of ketones is 2. The lowest BCUT2D eigenvalue weighted by molar-refractivity contribution is -0.119. The minimum Gasteiger partial charge on any atom is -0.343 e. The largest absolute Gasteiger partial charge is 0.343 e. The molecule has 1 aromatic heterocycles. The molecule has 1 aliphatic heterocycles. The van der Waals surface area contributed by atoms with Crippen LogP contribution in [0.25, 0.3) is 0 Å². The summed E-state index contributed by atoms with van der Waals surface area (Å²) in [6.45, 7) is 8.98. The number of hydrogen-bond donors (Lipinski definition) is 0. The molecule has 2 heterocycles. The predicted molar refractivity (Wildman–Crippen MR) is 146 cm³/mol. The van der Waals surface area contributed by atoms with E-state index in [9.17, 15) is 14.4 Å². The molecule has 7 nitrogen and oxygen atoms in total. The number of Topliss-reactive ketones (excluding diaryl/α,β-unsaturated/α-hetero) is 2. The summed E-state index contributed by atoms with van der Waals surface area (Å²) in [7, 11) is 1.77. The zero-order valence-electron chi connectivity index (χ0n) is 22.5. The molecule has 37 heavy (non-hydrogen) atoms.